The van der Waals surface area contributed by atoms with Gasteiger partial charge in [-0.3, -0.25) is 0 Å². The van der Waals surface area contributed by atoms with Crippen molar-refractivity contribution in [2.45, 2.75) is 26.5 Å². The van der Waals surface area contributed by atoms with E-state index in [0.29, 0.717) is 22.7 Å². The van der Waals surface area contributed by atoms with Gasteiger partial charge in [-0.15, -0.1) is 0 Å². The number of ether oxygens (including phenoxy) is 1. The molecule has 0 amide bonds. The van der Waals surface area contributed by atoms with Gasteiger partial charge < -0.3 is 14.7 Å². The van der Waals surface area contributed by atoms with E-state index in [9.17, 15) is 0 Å². The van der Waals surface area contributed by atoms with Crippen LogP contribution in [0.1, 0.15) is 18.7 Å². The highest BCUT2D eigenvalue weighted by molar-refractivity contribution is 7.16. The largest absolute Gasteiger partial charge is 0.391 e. The maximum Gasteiger partial charge on any atom is 0.187 e. The van der Waals surface area contributed by atoms with Crippen molar-refractivity contribution in [3.05, 3.63) is 10.0 Å². The van der Waals surface area contributed by atoms with Crippen LogP contribution >= 0.6 is 22.9 Å². The van der Waals surface area contributed by atoms with Crippen molar-refractivity contribution in [2.24, 2.45) is 0 Å². The third kappa shape index (κ3) is 3.31. The Morgan fingerprint density at radius 2 is 2.25 bits per heavy atom. The van der Waals surface area contributed by atoms with E-state index in [2.05, 4.69) is 23.7 Å². The zero-order valence-electron chi connectivity index (χ0n) is 9.73. The molecule has 0 aliphatic carbocycles. The molecule has 1 aromatic rings. The normalized spacial score (nSPS) is 11.1. The van der Waals surface area contributed by atoms with Crippen LogP contribution in [-0.2, 0) is 11.3 Å². The summed E-state index contributed by atoms with van der Waals surface area (Å²) >= 11 is 7.33. The van der Waals surface area contributed by atoms with Crippen molar-refractivity contribution in [3.63, 3.8) is 0 Å². The molecule has 0 radical (unpaired) electrons. The molecule has 92 valence electrons. The number of rotatable bonds is 6. The molecule has 0 bridgehead atoms. The summed E-state index contributed by atoms with van der Waals surface area (Å²) in [6.45, 7) is 5.52. The number of aliphatic hydroxyl groups is 1. The average Bonchev–Trinajstić information content (AvgIpc) is 2.59. The second-order valence-electron chi connectivity index (χ2n) is 3.65. The van der Waals surface area contributed by atoms with Gasteiger partial charge in [0, 0.05) is 19.7 Å². The van der Waals surface area contributed by atoms with E-state index >= 15 is 0 Å². The standard InChI is InChI=1S/C10H17ClN2O2S/c1-7(2)13(4-5-15-3)10-12-9(11)8(6-14)16-10/h7,14H,4-6H2,1-3H3. The summed E-state index contributed by atoms with van der Waals surface area (Å²) < 4.78 is 5.06. The second-order valence-corrected chi connectivity index (χ2v) is 5.07. The summed E-state index contributed by atoms with van der Waals surface area (Å²) in [5.41, 5.74) is 0. The first-order valence-corrected chi connectivity index (χ1v) is 6.31. The van der Waals surface area contributed by atoms with Crippen LogP contribution in [0.4, 0.5) is 5.13 Å². The molecule has 1 heterocycles. The van der Waals surface area contributed by atoms with Gasteiger partial charge in [-0.05, 0) is 13.8 Å². The van der Waals surface area contributed by atoms with Crippen molar-refractivity contribution in [1.82, 2.24) is 4.98 Å². The minimum absolute atomic E-state index is 0.0628. The van der Waals surface area contributed by atoms with Gasteiger partial charge in [-0.2, -0.15) is 0 Å². The lowest BCUT2D eigenvalue weighted by Gasteiger charge is -2.25. The Hall–Kier alpha value is -0.360. The lowest BCUT2D eigenvalue weighted by Crippen LogP contribution is -2.33. The summed E-state index contributed by atoms with van der Waals surface area (Å²) in [6, 6.07) is 0.323. The molecule has 0 atom stereocenters. The summed E-state index contributed by atoms with van der Waals surface area (Å²) in [7, 11) is 1.67. The van der Waals surface area contributed by atoms with Gasteiger partial charge >= 0.3 is 0 Å². The molecule has 16 heavy (non-hydrogen) atoms. The smallest absolute Gasteiger partial charge is 0.187 e. The highest BCUT2D eigenvalue weighted by Gasteiger charge is 2.17. The van der Waals surface area contributed by atoms with E-state index in [1.54, 1.807) is 7.11 Å². The van der Waals surface area contributed by atoms with Crippen LogP contribution in [0, 0.1) is 0 Å². The molecule has 0 aliphatic heterocycles. The summed E-state index contributed by atoms with van der Waals surface area (Å²) in [5, 5.41) is 10.3. The summed E-state index contributed by atoms with van der Waals surface area (Å²) in [6.07, 6.45) is 0. The summed E-state index contributed by atoms with van der Waals surface area (Å²) in [5.74, 6) is 0. The molecule has 0 saturated carbocycles. The third-order valence-electron chi connectivity index (χ3n) is 2.19. The van der Waals surface area contributed by atoms with Crippen molar-refractivity contribution in [3.8, 4) is 0 Å². The lowest BCUT2D eigenvalue weighted by molar-refractivity contribution is 0.204. The van der Waals surface area contributed by atoms with Crippen LogP contribution in [0.3, 0.4) is 0 Å². The van der Waals surface area contributed by atoms with Crippen molar-refractivity contribution >= 4 is 28.1 Å². The number of hydrogen-bond acceptors (Lipinski definition) is 5. The van der Waals surface area contributed by atoms with Gasteiger partial charge in [0.15, 0.2) is 5.13 Å². The fraction of sp³-hybridized carbons (Fsp3) is 0.700. The quantitative estimate of drug-likeness (QED) is 0.855. The maximum absolute atomic E-state index is 9.07. The van der Waals surface area contributed by atoms with Crippen LogP contribution in [-0.4, -0.2) is 36.4 Å². The number of hydrogen-bond donors (Lipinski definition) is 1. The molecule has 0 aliphatic rings. The number of aliphatic hydroxyl groups excluding tert-OH is 1. The first kappa shape index (κ1) is 13.7. The molecule has 1 rings (SSSR count). The van der Waals surface area contributed by atoms with E-state index in [-0.39, 0.29) is 6.61 Å². The Morgan fingerprint density at radius 3 is 2.69 bits per heavy atom. The maximum atomic E-state index is 9.07. The predicted octanol–water partition coefficient (Wildman–Crippen LogP) is 2.15. The molecule has 0 spiro atoms. The van der Waals surface area contributed by atoms with Gasteiger partial charge in [0.05, 0.1) is 18.1 Å². The fourth-order valence-corrected chi connectivity index (χ4v) is 2.58. The number of methoxy groups -OCH3 is 1. The van der Waals surface area contributed by atoms with E-state index < -0.39 is 0 Å². The number of aromatic nitrogens is 1. The highest BCUT2D eigenvalue weighted by atomic mass is 35.5. The number of anilines is 1. The Morgan fingerprint density at radius 1 is 1.56 bits per heavy atom. The molecule has 4 nitrogen and oxygen atoms in total. The van der Waals surface area contributed by atoms with Crippen molar-refractivity contribution in [2.75, 3.05) is 25.2 Å². The molecule has 1 N–H and O–H groups in total. The lowest BCUT2D eigenvalue weighted by atomic mass is 10.3. The molecule has 0 saturated heterocycles. The monoisotopic (exact) mass is 264 g/mol. The van der Waals surface area contributed by atoms with Gasteiger partial charge in [0.25, 0.3) is 0 Å². The Labute approximate surface area is 105 Å². The second kappa shape index (κ2) is 6.39. The number of nitrogens with zero attached hydrogens (tertiary/aromatic N) is 2. The molecule has 0 aromatic carbocycles. The first-order chi connectivity index (χ1) is 7.60. The molecule has 1 aromatic heterocycles. The van der Waals surface area contributed by atoms with E-state index in [1.807, 2.05) is 0 Å². The third-order valence-corrected chi connectivity index (χ3v) is 3.69. The van der Waals surface area contributed by atoms with E-state index in [4.69, 9.17) is 21.4 Å². The fourth-order valence-electron chi connectivity index (χ4n) is 1.31. The van der Waals surface area contributed by atoms with Crippen LogP contribution in [0.15, 0.2) is 0 Å². The van der Waals surface area contributed by atoms with Crippen LogP contribution in [0.5, 0.6) is 0 Å². The first-order valence-electron chi connectivity index (χ1n) is 5.11. The highest BCUT2D eigenvalue weighted by Crippen LogP contribution is 2.30. The molecule has 6 heteroatoms. The summed E-state index contributed by atoms with van der Waals surface area (Å²) in [4.78, 5) is 7.07. The molecular formula is C10H17ClN2O2S. The van der Waals surface area contributed by atoms with Gasteiger partial charge in [0.2, 0.25) is 0 Å². The SMILES string of the molecule is COCCN(c1nc(Cl)c(CO)s1)C(C)C. The zero-order valence-corrected chi connectivity index (χ0v) is 11.3. The van der Waals surface area contributed by atoms with Crippen molar-refractivity contribution < 1.29 is 9.84 Å². The van der Waals surface area contributed by atoms with Crippen LogP contribution < -0.4 is 4.90 Å². The van der Waals surface area contributed by atoms with Gasteiger partial charge in [-0.25, -0.2) is 4.98 Å². The van der Waals surface area contributed by atoms with Gasteiger partial charge in [-0.1, -0.05) is 22.9 Å². The topological polar surface area (TPSA) is 45.6 Å². The number of halogens is 1. The van der Waals surface area contributed by atoms with Crippen LogP contribution in [0.25, 0.3) is 0 Å². The average molecular weight is 265 g/mol. The van der Waals surface area contributed by atoms with Crippen LogP contribution in [0.2, 0.25) is 5.15 Å². The van der Waals surface area contributed by atoms with Crippen molar-refractivity contribution in [1.29, 1.82) is 0 Å². The Bertz CT molecular complexity index is 331. The predicted molar refractivity (Wildman–Crippen MR) is 67.4 cm³/mol. The minimum Gasteiger partial charge on any atom is -0.391 e. The molecule has 0 fully saturated rings. The zero-order chi connectivity index (χ0) is 12.1. The van der Waals surface area contributed by atoms with E-state index in [1.165, 1.54) is 11.3 Å². The molecule has 0 unspecified atom stereocenters. The Kier molecular flexibility index (Phi) is 5.48. The number of thiazole rings is 1. The molecular weight excluding hydrogens is 248 g/mol. The van der Waals surface area contributed by atoms with E-state index in [0.717, 1.165) is 11.7 Å². The van der Waals surface area contributed by atoms with Gasteiger partial charge in [0.1, 0.15) is 5.15 Å². The Balaban J connectivity index is 2.83. The minimum atomic E-state index is -0.0628.